The number of carbonyl (C=O) groups is 1. The lowest BCUT2D eigenvalue weighted by Crippen LogP contribution is -2.39. The Morgan fingerprint density at radius 3 is 2.60 bits per heavy atom. The number of nitrogens with one attached hydrogen (secondary N) is 1. The first-order valence-electron chi connectivity index (χ1n) is 15.1. The maximum Gasteiger partial charge on any atom is 0.261 e. The maximum absolute atomic E-state index is 15.2. The Labute approximate surface area is 258 Å². The van der Waals surface area contributed by atoms with E-state index in [0.29, 0.717) is 73.0 Å². The molecule has 0 bridgehead atoms. The van der Waals surface area contributed by atoms with Crippen LogP contribution in [0.3, 0.4) is 0 Å². The van der Waals surface area contributed by atoms with Gasteiger partial charge in [-0.2, -0.15) is 15.0 Å². The summed E-state index contributed by atoms with van der Waals surface area (Å²) in [5.74, 6) is -0.923. The minimum atomic E-state index is -0.544. The SMILES string of the molecule is Nc1nc(Nc2ccc(OC3CCOCC3)c(F)c2)nc(-c2cccc(N3CCc4cc(C5CC5)cc(F)c4C3=O)c2CO)n1. The number of anilines is 4. The van der Waals surface area contributed by atoms with Crippen molar-refractivity contribution in [3.05, 3.63) is 82.4 Å². The molecule has 45 heavy (non-hydrogen) atoms. The smallest absolute Gasteiger partial charge is 0.261 e. The highest BCUT2D eigenvalue weighted by molar-refractivity contribution is 6.09. The molecule has 4 aromatic rings. The molecule has 2 fully saturated rings. The van der Waals surface area contributed by atoms with Crippen molar-refractivity contribution in [3.63, 3.8) is 0 Å². The van der Waals surface area contributed by atoms with Crippen molar-refractivity contribution in [2.24, 2.45) is 0 Å². The van der Waals surface area contributed by atoms with E-state index in [4.69, 9.17) is 15.2 Å². The quantitative estimate of drug-likeness (QED) is 0.242. The third-order valence-electron chi connectivity index (χ3n) is 8.45. The molecule has 1 aromatic heterocycles. The maximum atomic E-state index is 15.2. The number of hydrogen-bond donors (Lipinski definition) is 3. The molecule has 1 aliphatic carbocycles. The van der Waals surface area contributed by atoms with Gasteiger partial charge in [0, 0.05) is 42.3 Å². The summed E-state index contributed by atoms with van der Waals surface area (Å²) in [4.78, 5) is 28.0. The first-order chi connectivity index (χ1) is 21.9. The normalized spacial score (nSPS) is 16.9. The number of aliphatic hydroxyl groups is 1. The number of aromatic nitrogens is 3. The number of aliphatic hydroxyl groups excluding tert-OH is 1. The van der Waals surface area contributed by atoms with Crippen LogP contribution >= 0.6 is 0 Å². The summed E-state index contributed by atoms with van der Waals surface area (Å²) < 4.78 is 41.3. The molecule has 0 spiro atoms. The second-order valence-corrected chi connectivity index (χ2v) is 11.5. The first-order valence-corrected chi connectivity index (χ1v) is 15.1. The van der Waals surface area contributed by atoms with Gasteiger partial charge in [-0.1, -0.05) is 18.2 Å². The van der Waals surface area contributed by atoms with Crippen molar-refractivity contribution < 1.29 is 28.2 Å². The summed E-state index contributed by atoms with van der Waals surface area (Å²) in [6.45, 7) is 1.04. The van der Waals surface area contributed by atoms with Crippen molar-refractivity contribution in [1.82, 2.24) is 15.0 Å². The molecule has 1 saturated carbocycles. The topological polar surface area (TPSA) is 136 Å². The number of nitrogens with zero attached hydrogens (tertiary/aromatic N) is 4. The van der Waals surface area contributed by atoms with Crippen molar-refractivity contribution in [1.29, 1.82) is 0 Å². The molecule has 0 atom stereocenters. The van der Waals surface area contributed by atoms with Crippen LogP contribution in [0.5, 0.6) is 5.75 Å². The third kappa shape index (κ3) is 5.90. The molecule has 0 radical (unpaired) electrons. The fourth-order valence-corrected chi connectivity index (χ4v) is 6.02. The Balaban J connectivity index is 1.15. The fourth-order valence-electron chi connectivity index (χ4n) is 6.02. The predicted octanol–water partition coefficient (Wildman–Crippen LogP) is 5.27. The van der Waals surface area contributed by atoms with Crippen molar-refractivity contribution in [2.75, 3.05) is 35.7 Å². The molecule has 12 heteroatoms. The Bertz CT molecular complexity index is 1780. The number of ether oxygens (including phenoxy) is 2. The molecule has 3 heterocycles. The van der Waals surface area contributed by atoms with Gasteiger partial charge >= 0.3 is 0 Å². The minimum absolute atomic E-state index is 0.0563. The minimum Gasteiger partial charge on any atom is -0.487 e. The molecule has 1 amide bonds. The van der Waals surface area contributed by atoms with E-state index in [9.17, 15) is 14.3 Å². The molecule has 10 nitrogen and oxygen atoms in total. The van der Waals surface area contributed by atoms with E-state index < -0.39 is 24.1 Å². The number of nitrogens with two attached hydrogens (primary N) is 1. The molecular formula is C33H32F2N6O4. The highest BCUT2D eigenvalue weighted by Crippen LogP contribution is 2.42. The zero-order valence-electron chi connectivity index (χ0n) is 24.4. The largest absolute Gasteiger partial charge is 0.487 e. The number of hydrogen-bond acceptors (Lipinski definition) is 9. The Morgan fingerprint density at radius 2 is 1.84 bits per heavy atom. The number of carbonyl (C=O) groups excluding carboxylic acids is 1. The molecule has 0 unspecified atom stereocenters. The van der Waals surface area contributed by atoms with E-state index >= 15 is 4.39 Å². The zero-order valence-corrected chi connectivity index (χ0v) is 24.4. The van der Waals surface area contributed by atoms with Crippen molar-refractivity contribution in [2.45, 2.75) is 50.7 Å². The van der Waals surface area contributed by atoms with Crippen LogP contribution in [0.15, 0.2) is 48.5 Å². The van der Waals surface area contributed by atoms with Gasteiger partial charge in [-0.15, -0.1) is 0 Å². The van der Waals surface area contributed by atoms with Crippen LogP contribution in [0.25, 0.3) is 11.4 Å². The van der Waals surface area contributed by atoms with Gasteiger partial charge in [0.1, 0.15) is 11.9 Å². The number of fused-ring (bicyclic) bond motifs is 1. The summed E-state index contributed by atoms with van der Waals surface area (Å²) in [6, 6.07) is 13.0. The number of rotatable bonds is 8. The summed E-state index contributed by atoms with van der Waals surface area (Å²) in [5, 5.41) is 13.4. The van der Waals surface area contributed by atoms with E-state index in [1.807, 2.05) is 6.07 Å². The molecule has 3 aromatic carbocycles. The van der Waals surface area contributed by atoms with Gasteiger partial charge in [0.25, 0.3) is 5.91 Å². The van der Waals surface area contributed by atoms with Gasteiger partial charge in [0.2, 0.25) is 11.9 Å². The van der Waals surface area contributed by atoms with E-state index in [1.54, 1.807) is 24.3 Å². The van der Waals surface area contributed by atoms with Crippen LogP contribution in [-0.4, -0.2) is 51.8 Å². The van der Waals surface area contributed by atoms with Crippen molar-refractivity contribution in [3.8, 4) is 17.1 Å². The second-order valence-electron chi connectivity index (χ2n) is 11.5. The first kappa shape index (κ1) is 29.1. The van der Waals surface area contributed by atoms with Gasteiger partial charge < -0.3 is 30.5 Å². The molecule has 4 N–H and O–H groups in total. The number of nitrogen functional groups attached to an aromatic ring is 1. The molecule has 232 valence electrons. The van der Waals surface area contributed by atoms with Gasteiger partial charge in [-0.05, 0) is 60.6 Å². The number of amides is 1. The van der Waals surface area contributed by atoms with Crippen LogP contribution < -0.4 is 20.7 Å². The van der Waals surface area contributed by atoms with Crippen LogP contribution in [-0.2, 0) is 17.8 Å². The Kier molecular flexibility index (Phi) is 7.76. The predicted molar refractivity (Wildman–Crippen MR) is 164 cm³/mol. The lowest BCUT2D eigenvalue weighted by molar-refractivity contribution is 0.0240. The van der Waals surface area contributed by atoms with Gasteiger partial charge in [-0.3, -0.25) is 4.79 Å². The van der Waals surface area contributed by atoms with E-state index in [0.717, 1.165) is 18.4 Å². The van der Waals surface area contributed by atoms with Gasteiger partial charge in [0.15, 0.2) is 17.4 Å². The summed E-state index contributed by atoms with van der Waals surface area (Å²) in [7, 11) is 0. The Morgan fingerprint density at radius 1 is 1.02 bits per heavy atom. The van der Waals surface area contributed by atoms with E-state index in [2.05, 4.69) is 20.3 Å². The average Bonchev–Trinajstić information content (AvgIpc) is 3.88. The highest BCUT2D eigenvalue weighted by Gasteiger charge is 2.33. The third-order valence-corrected chi connectivity index (χ3v) is 8.45. The van der Waals surface area contributed by atoms with Crippen LogP contribution in [0.2, 0.25) is 0 Å². The summed E-state index contributed by atoms with van der Waals surface area (Å²) in [5.41, 5.74) is 9.34. The lowest BCUT2D eigenvalue weighted by atomic mass is 9.93. The molecular weight excluding hydrogens is 582 g/mol. The molecule has 2 aliphatic heterocycles. The van der Waals surface area contributed by atoms with Crippen LogP contribution in [0.4, 0.5) is 32.1 Å². The second kappa shape index (κ2) is 12.0. The zero-order chi connectivity index (χ0) is 31.1. The van der Waals surface area contributed by atoms with Gasteiger partial charge in [0.05, 0.1) is 31.1 Å². The van der Waals surface area contributed by atoms with E-state index in [-0.39, 0.29) is 35.1 Å². The van der Waals surface area contributed by atoms with Gasteiger partial charge in [-0.25, -0.2) is 8.78 Å². The molecule has 3 aliphatic rings. The van der Waals surface area contributed by atoms with Crippen molar-refractivity contribution >= 4 is 29.2 Å². The highest BCUT2D eigenvalue weighted by atomic mass is 19.1. The fraction of sp³-hybridized carbons (Fsp3) is 0.333. The Hall–Kier alpha value is -4.68. The lowest BCUT2D eigenvalue weighted by Gasteiger charge is -2.31. The summed E-state index contributed by atoms with van der Waals surface area (Å²) >= 11 is 0. The summed E-state index contributed by atoms with van der Waals surface area (Å²) in [6.07, 6.45) is 3.85. The number of benzene rings is 3. The average molecular weight is 615 g/mol. The molecule has 1 saturated heterocycles. The number of halogens is 2. The van der Waals surface area contributed by atoms with Crippen LogP contribution in [0.1, 0.15) is 58.6 Å². The van der Waals surface area contributed by atoms with E-state index in [1.165, 1.54) is 23.1 Å². The monoisotopic (exact) mass is 614 g/mol. The standard InChI is InChI=1S/C33H32F2N6O4/c34-25-16-21(6-7-28(25)45-22-9-12-44-13-10-22)37-33-39-30(38-32(36)40-33)23-2-1-3-27(24(23)17-42)41-11-8-19-14-20(18-4-5-18)15-26(35)29(19)31(41)43/h1-3,6-7,14-16,18,22,42H,4-5,8-13,17H2,(H3,36,37,38,39,40). The van der Waals surface area contributed by atoms with Crippen LogP contribution in [0, 0.1) is 11.6 Å². The molecule has 7 rings (SSSR count).